The van der Waals surface area contributed by atoms with Crippen LogP contribution in [0, 0.1) is 0 Å². The number of sulfone groups is 1. The average molecular weight is 330 g/mol. The van der Waals surface area contributed by atoms with Crippen LogP contribution in [-0.4, -0.2) is 25.9 Å². The molecule has 1 saturated heterocycles. The molecule has 2 aliphatic rings. The lowest BCUT2D eigenvalue weighted by atomic mass is 9.92. The third kappa shape index (κ3) is 2.67. The fraction of sp³-hybridized carbons (Fsp3) is 0.600. The Hall–Kier alpha value is -0.780. The molecule has 21 heavy (non-hydrogen) atoms. The van der Waals surface area contributed by atoms with Crippen molar-refractivity contribution < 1.29 is 13.2 Å². The van der Waals surface area contributed by atoms with E-state index in [9.17, 15) is 8.42 Å². The number of ether oxygens (including phenoxy) is 1. The van der Waals surface area contributed by atoms with Crippen molar-refractivity contribution in [2.45, 2.75) is 54.3 Å². The lowest BCUT2D eigenvalue weighted by molar-refractivity contribution is -0.0713. The summed E-state index contributed by atoms with van der Waals surface area (Å²) in [5, 5.41) is -0.242. The van der Waals surface area contributed by atoms with Crippen molar-refractivity contribution in [1.82, 2.24) is 0 Å². The molecule has 1 saturated carbocycles. The second-order valence-electron chi connectivity index (χ2n) is 6.06. The van der Waals surface area contributed by atoms with Gasteiger partial charge in [0.2, 0.25) is 0 Å². The molecule has 0 radical (unpaired) electrons. The van der Waals surface area contributed by atoms with Crippen LogP contribution >= 0.6 is 11.6 Å². The largest absolute Gasteiger partial charge is 0.398 e. The molecule has 2 fully saturated rings. The number of nitrogen functional groups attached to an aromatic ring is 1. The quantitative estimate of drug-likeness (QED) is 0.846. The fourth-order valence-corrected chi connectivity index (χ4v) is 6.11. The number of anilines is 1. The van der Waals surface area contributed by atoms with Crippen LogP contribution in [0.5, 0.6) is 0 Å². The Labute approximate surface area is 130 Å². The topological polar surface area (TPSA) is 69.4 Å². The van der Waals surface area contributed by atoms with Gasteiger partial charge in [0, 0.05) is 6.61 Å². The normalized spacial score (nSPS) is 25.3. The highest BCUT2D eigenvalue weighted by molar-refractivity contribution is 7.92. The van der Waals surface area contributed by atoms with E-state index >= 15 is 0 Å². The lowest BCUT2D eigenvalue weighted by Gasteiger charge is -2.38. The summed E-state index contributed by atoms with van der Waals surface area (Å²) in [4.78, 5) is 0.0895. The summed E-state index contributed by atoms with van der Waals surface area (Å²) in [7, 11) is -3.52. The molecule has 1 unspecified atom stereocenters. The molecule has 1 atom stereocenters. The standard InChI is InChI=1S/C15H20ClNO3S/c16-12-4-3-5-13(17)14(12)21(18,19)11-6-9-20-15(10-11)7-1-2-8-15/h3-5,11H,1-2,6-10,17H2. The van der Waals surface area contributed by atoms with Crippen molar-refractivity contribution in [1.29, 1.82) is 0 Å². The van der Waals surface area contributed by atoms with Gasteiger partial charge in [-0.15, -0.1) is 0 Å². The van der Waals surface area contributed by atoms with E-state index in [1.807, 2.05) is 0 Å². The van der Waals surface area contributed by atoms with Crippen LogP contribution < -0.4 is 5.73 Å². The molecule has 0 aromatic heterocycles. The lowest BCUT2D eigenvalue weighted by Crippen LogP contribution is -2.42. The third-order valence-corrected chi connectivity index (χ3v) is 7.42. The molecule has 1 aliphatic heterocycles. The first kappa shape index (κ1) is 15.1. The first-order chi connectivity index (χ1) is 9.95. The van der Waals surface area contributed by atoms with Crippen LogP contribution in [0.3, 0.4) is 0 Å². The minimum absolute atomic E-state index is 0.0895. The van der Waals surface area contributed by atoms with Crippen molar-refractivity contribution in [2.75, 3.05) is 12.3 Å². The predicted molar refractivity (Wildman–Crippen MR) is 83.2 cm³/mol. The number of benzene rings is 1. The number of halogens is 1. The molecule has 116 valence electrons. The van der Waals surface area contributed by atoms with E-state index in [1.165, 1.54) is 0 Å². The zero-order valence-corrected chi connectivity index (χ0v) is 13.4. The summed E-state index contributed by atoms with van der Waals surface area (Å²) < 4.78 is 31.8. The van der Waals surface area contributed by atoms with Gasteiger partial charge in [-0.1, -0.05) is 30.5 Å². The molecule has 1 aliphatic carbocycles. The summed E-state index contributed by atoms with van der Waals surface area (Å²) >= 11 is 6.09. The number of hydrogen-bond acceptors (Lipinski definition) is 4. The highest BCUT2D eigenvalue weighted by Crippen LogP contribution is 2.43. The highest BCUT2D eigenvalue weighted by atomic mass is 35.5. The van der Waals surface area contributed by atoms with Gasteiger partial charge in [-0.25, -0.2) is 8.42 Å². The first-order valence-corrected chi connectivity index (χ1v) is 9.29. The summed E-state index contributed by atoms with van der Waals surface area (Å²) in [6.07, 6.45) is 5.20. The highest BCUT2D eigenvalue weighted by Gasteiger charge is 2.45. The number of hydrogen-bond donors (Lipinski definition) is 1. The SMILES string of the molecule is Nc1cccc(Cl)c1S(=O)(=O)C1CCOC2(CCCC2)C1. The van der Waals surface area contributed by atoms with E-state index in [1.54, 1.807) is 18.2 Å². The van der Waals surface area contributed by atoms with E-state index in [0.29, 0.717) is 19.4 Å². The van der Waals surface area contributed by atoms with Crippen molar-refractivity contribution in [3.8, 4) is 0 Å². The number of rotatable bonds is 2. The monoisotopic (exact) mass is 329 g/mol. The Morgan fingerprint density at radius 3 is 2.67 bits per heavy atom. The molecule has 1 heterocycles. The van der Waals surface area contributed by atoms with Gasteiger partial charge >= 0.3 is 0 Å². The van der Waals surface area contributed by atoms with Gasteiger partial charge in [0.25, 0.3) is 0 Å². The third-order valence-electron chi connectivity index (χ3n) is 4.68. The van der Waals surface area contributed by atoms with Crippen LogP contribution in [0.15, 0.2) is 23.1 Å². The van der Waals surface area contributed by atoms with E-state index in [4.69, 9.17) is 22.1 Å². The molecule has 2 N–H and O–H groups in total. The molecule has 3 rings (SSSR count). The zero-order valence-electron chi connectivity index (χ0n) is 11.8. The summed E-state index contributed by atoms with van der Waals surface area (Å²) in [5.74, 6) is 0. The fourth-order valence-electron chi connectivity index (χ4n) is 3.61. The second kappa shape index (κ2) is 5.45. The van der Waals surface area contributed by atoms with Crippen LogP contribution in [0.2, 0.25) is 5.02 Å². The Morgan fingerprint density at radius 2 is 2.00 bits per heavy atom. The molecule has 0 bridgehead atoms. The minimum atomic E-state index is -3.52. The van der Waals surface area contributed by atoms with Crippen LogP contribution in [0.1, 0.15) is 38.5 Å². The smallest absolute Gasteiger partial charge is 0.184 e. The maximum absolute atomic E-state index is 12.9. The minimum Gasteiger partial charge on any atom is -0.398 e. The van der Waals surface area contributed by atoms with Gasteiger partial charge in [-0.3, -0.25) is 0 Å². The Kier molecular flexibility index (Phi) is 3.93. The van der Waals surface area contributed by atoms with Gasteiger partial charge in [0.15, 0.2) is 9.84 Å². The average Bonchev–Trinajstić information content (AvgIpc) is 2.86. The molecule has 1 aromatic carbocycles. The maximum Gasteiger partial charge on any atom is 0.184 e. The van der Waals surface area contributed by atoms with Crippen LogP contribution in [-0.2, 0) is 14.6 Å². The van der Waals surface area contributed by atoms with Gasteiger partial charge in [-0.05, 0) is 37.8 Å². The number of nitrogens with two attached hydrogens (primary N) is 1. The summed E-state index contributed by atoms with van der Waals surface area (Å²) in [6.45, 7) is 0.494. The van der Waals surface area contributed by atoms with Crippen LogP contribution in [0.4, 0.5) is 5.69 Å². The Balaban J connectivity index is 1.95. The molecular weight excluding hydrogens is 310 g/mol. The summed E-state index contributed by atoms with van der Waals surface area (Å²) in [5.41, 5.74) is 5.85. The first-order valence-electron chi connectivity index (χ1n) is 7.36. The maximum atomic E-state index is 12.9. The molecule has 6 heteroatoms. The van der Waals surface area contributed by atoms with Crippen LogP contribution in [0.25, 0.3) is 0 Å². The zero-order chi connectivity index (χ0) is 15.1. The van der Waals surface area contributed by atoms with Crippen molar-refractivity contribution in [3.05, 3.63) is 23.2 Å². The Bertz CT molecular complexity index is 618. The van der Waals surface area contributed by atoms with Crippen molar-refractivity contribution >= 4 is 27.1 Å². The van der Waals surface area contributed by atoms with Gasteiger partial charge in [-0.2, -0.15) is 0 Å². The molecule has 4 nitrogen and oxygen atoms in total. The summed E-state index contributed by atoms with van der Waals surface area (Å²) in [6, 6.07) is 4.83. The molecule has 0 amide bonds. The predicted octanol–water partition coefficient (Wildman–Crippen LogP) is 3.19. The van der Waals surface area contributed by atoms with Gasteiger partial charge in [0.05, 0.1) is 21.6 Å². The van der Waals surface area contributed by atoms with Gasteiger partial charge < -0.3 is 10.5 Å². The Morgan fingerprint density at radius 1 is 1.29 bits per heavy atom. The van der Waals surface area contributed by atoms with Gasteiger partial charge in [0.1, 0.15) is 4.90 Å². The second-order valence-corrected chi connectivity index (χ2v) is 8.63. The molecular formula is C15H20ClNO3S. The van der Waals surface area contributed by atoms with Crippen molar-refractivity contribution in [3.63, 3.8) is 0 Å². The van der Waals surface area contributed by atoms with E-state index in [2.05, 4.69) is 0 Å². The van der Waals surface area contributed by atoms with E-state index in [-0.39, 0.29) is 21.2 Å². The van der Waals surface area contributed by atoms with E-state index < -0.39 is 15.1 Å². The molecule has 1 aromatic rings. The van der Waals surface area contributed by atoms with E-state index in [0.717, 1.165) is 25.7 Å². The van der Waals surface area contributed by atoms with Crippen molar-refractivity contribution in [2.24, 2.45) is 0 Å². The molecule has 1 spiro atoms.